The Kier molecular flexibility index (Phi) is 4.68. The molecule has 0 spiro atoms. The van der Waals surface area contributed by atoms with Crippen LogP contribution in [-0.2, 0) is 0 Å². The topological polar surface area (TPSA) is 78.4 Å². The minimum atomic E-state index is 0.382. The first kappa shape index (κ1) is 19.3. The SMILES string of the molecule is COc1nc(-c2c(C)c(C#N)c3nc(C4CC4)oc3c2N2CC[C@H](N(C)C)C2)cs1. The number of nitrogens with zero attached hydrogens (tertiary/aromatic N) is 5. The van der Waals surface area contributed by atoms with Gasteiger partial charge in [0.05, 0.1) is 24.1 Å². The van der Waals surface area contributed by atoms with Crippen molar-refractivity contribution in [2.75, 3.05) is 39.2 Å². The summed E-state index contributed by atoms with van der Waals surface area (Å²) >= 11 is 1.46. The molecule has 8 heteroatoms. The smallest absolute Gasteiger partial charge is 0.273 e. The van der Waals surface area contributed by atoms with Gasteiger partial charge in [0.25, 0.3) is 5.19 Å². The molecule has 1 saturated heterocycles. The summed E-state index contributed by atoms with van der Waals surface area (Å²) in [4.78, 5) is 14.1. The summed E-state index contributed by atoms with van der Waals surface area (Å²) in [7, 11) is 5.88. The summed E-state index contributed by atoms with van der Waals surface area (Å²) in [6.45, 7) is 3.83. The number of benzene rings is 1. The molecule has 156 valence electrons. The monoisotopic (exact) mass is 423 g/mol. The van der Waals surface area contributed by atoms with Crippen molar-refractivity contribution in [3.8, 4) is 22.5 Å². The highest BCUT2D eigenvalue weighted by atomic mass is 32.1. The fraction of sp³-hybridized carbons (Fsp3) is 0.500. The second kappa shape index (κ2) is 7.25. The van der Waals surface area contributed by atoms with Crippen molar-refractivity contribution in [1.29, 1.82) is 5.26 Å². The van der Waals surface area contributed by atoms with Gasteiger partial charge in [-0.05, 0) is 45.8 Å². The number of methoxy groups -OCH3 is 1. The maximum Gasteiger partial charge on any atom is 0.273 e. The van der Waals surface area contributed by atoms with E-state index in [1.54, 1.807) is 7.11 Å². The molecular formula is C22H25N5O2S. The van der Waals surface area contributed by atoms with Gasteiger partial charge >= 0.3 is 0 Å². The van der Waals surface area contributed by atoms with Gasteiger partial charge in [0.2, 0.25) is 0 Å². The first-order chi connectivity index (χ1) is 14.5. The lowest BCUT2D eigenvalue weighted by Gasteiger charge is -2.25. The lowest BCUT2D eigenvalue weighted by atomic mass is 9.96. The van der Waals surface area contributed by atoms with E-state index >= 15 is 0 Å². The molecule has 0 amide bonds. The number of thiazole rings is 1. The highest BCUT2D eigenvalue weighted by Gasteiger charge is 2.35. The van der Waals surface area contributed by atoms with Crippen LogP contribution in [0.4, 0.5) is 5.69 Å². The lowest BCUT2D eigenvalue weighted by Crippen LogP contribution is -2.31. The Morgan fingerprint density at radius 1 is 1.30 bits per heavy atom. The number of nitriles is 1. The summed E-state index contributed by atoms with van der Waals surface area (Å²) < 4.78 is 11.7. The quantitative estimate of drug-likeness (QED) is 0.610. The molecule has 0 bridgehead atoms. The van der Waals surface area contributed by atoms with Crippen LogP contribution in [0.25, 0.3) is 22.4 Å². The Morgan fingerprint density at radius 2 is 2.10 bits per heavy atom. The fourth-order valence-corrected chi connectivity index (χ4v) is 4.98. The van der Waals surface area contributed by atoms with Crippen molar-refractivity contribution < 1.29 is 9.15 Å². The Hall–Kier alpha value is -2.63. The molecule has 2 aromatic heterocycles. The highest BCUT2D eigenvalue weighted by molar-refractivity contribution is 7.11. The highest BCUT2D eigenvalue weighted by Crippen LogP contribution is 2.47. The van der Waals surface area contributed by atoms with Crippen molar-refractivity contribution in [2.24, 2.45) is 0 Å². The average Bonchev–Trinajstić information content (AvgIpc) is 3.13. The zero-order chi connectivity index (χ0) is 21.0. The van der Waals surface area contributed by atoms with E-state index in [2.05, 4.69) is 34.9 Å². The fourth-order valence-electron chi connectivity index (χ4n) is 4.35. The van der Waals surface area contributed by atoms with Gasteiger partial charge in [-0.3, -0.25) is 0 Å². The largest absolute Gasteiger partial charge is 0.473 e. The van der Waals surface area contributed by atoms with Gasteiger partial charge in [0.1, 0.15) is 11.6 Å². The first-order valence-corrected chi connectivity index (χ1v) is 11.2. The number of likely N-dealkylation sites (N-methyl/N-ethyl adjacent to an activating group) is 1. The van der Waals surface area contributed by atoms with Crippen LogP contribution in [0.3, 0.4) is 0 Å². The summed E-state index contributed by atoms with van der Waals surface area (Å²) in [5, 5.41) is 12.6. The third-order valence-electron chi connectivity index (χ3n) is 6.24. The standard InChI is InChI=1S/C22H25N5O2S/c1-12-15(9-23)18-20(29-21(25-18)13-5-6-13)19(27-8-7-14(10-27)26(2)3)17(12)16-11-30-22(24-16)28-4/h11,13-14H,5-8,10H2,1-4H3/t14-/m0/s1. The van der Waals surface area contributed by atoms with Gasteiger partial charge in [0.15, 0.2) is 11.5 Å². The molecule has 1 aliphatic heterocycles. The van der Waals surface area contributed by atoms with Crippen molar-refractivity contribution in [3.63, 3.8) is 0 Å². The van der Waals surface area contributed by atoms with E-state index in [4.69, 9.17) is 14.1 Å². The molecule has 0 radical (unpaired) electrons. The number of fused-ring (bicyclic) bond motifs is 1. The summed E-state index contributed by atoms with van der Waals surface area (Å²) in [5.41, 5.74) is 5.67. The van der Waals surface area contributed by atoms with Crippen molar-refractivity contribution in [2.45, 2.75) is 38.1 Å². The summed E-state index contributed by atoms with van der Waals surface area (Å²) in [6, 6.07) is 2.85. The Labute approximate surface area is 179 Å². The number of ether oxygens (including phenoxy) is 1. The molecule has 7 nitrogen and oxygen atoms in total. The molecule has 2 fully saturated rings. The van der Waals surface area contributed by atoms with Gasteiger partial charge in [-0.15, -0.1) is 0 Å². The number of anilines is 1. The molecule has 2 aliphatic rings. The molecule has 1 atom stereocenters. The normalized spacial score (nSPS) is 19.1. The molecule has 1 saturated carbocycles. The van der Waals surface area contributed by atoms with Crippen LogP contribution < -0.4 is 9.64 Å². The van der Waals surface area contributed by atoms with E-state index in [-0.39, 0.29) is 0 Å². The van der Waals surface area contributed by atoms with Crippen LogP contribution in [0, 0.1) is 18.3 Å². The van der Waals surface area contributed by atoms with Gasteiger partial charge in [0, 0.05) is 36.0 Å². The van der Waals surface area contributed by atoms with Crippen LogP contribution in [0.5, 0.6) is 5.19 Å². The van der Waals surface area contributed by atoms with E-state index in [1.807, 2.05) is 12.3 Å². The minimum absolute atomic E-state index is 0.382. The van der Waals surface area contributed by atoms with Crippen molar-refractivity contribution in [3.05, 3.63) is 22.4 Å². The lowest BCUT2D eigenvalue weighted by molar-refractivity contribution is 0.315. The van der Waals surface area contributed by atoms with Gasteiger partial charge in [-0.25, -0.2) is 9.97 Å². The second-order valence-electron chi connectivity index (χ2n) is 8.39. The molecular weight excluding hydrogens is 398 g/mol. The third-order valence-corrected chi connectivity index (χ3v) is 7.05. The predicted octanol–water partition coefficient (Wildman–Crippen LogP) is 4.16. The third kappa shape index (κ3) is 3.04. The van der Waals surface area contributed by atoms with E-state index in [0.29, 0.717) is 28.2 Å². The Bertz CT molecular complexity index is 1150. The zero-order valence-corrected chi connectivity index (χ0v) is 18.5. The molecule has 1 aliphatic carbocycles. The predicted molar refractivity (Wildman–Crippen MR) is 117 cm³/mol. The molecule has 5 rings (SSSR count). The molecule has 3 aromatic rings. The number of aromatic nitrogens is 2. The molecule has 3 heterocycles. The van der Waals surface area contributed by atoms with Crippen LogP contribution in [-0.4, -0.2) is 55.2 Å². The second-order valence-corrected chi connectivity index (χ2v) is 9.22. The Balaban J connectivity index is 1.77. The van der Waals surface area contributed by atoms with Crippen LogP contribution in [0.15, 0.2) is 9.80 Å². The summed E-state index contributed by atoms with van der Waals surface area (Å²) in [5.74, 6) is 1.14. The van der Waals surface area contributed by atoms with E-state index in [9.17, 15) is 5.26 Å². The van der Waals surface area contributed by atoms with E-state index in [1.165, 1.54) is 11.3 Å². The van der Waals surface area contributed by atoms with E-state index in [0.717, 1.165) is 66.3 Å². The molecule has 0 N–H and O–H groups in total. The van der Waals surface area contributed by atoms with Gasteiger partial charge in [-0.1, -0.05) is 11.3 Å². The number of hydrogen-bond acceptors (Lipinski definition) is 8. The summed E-state index contributed by atoms with van der Waals surface area (Å²) in [6.07, 6.45) is 3.29. The number of hydrogen-bond donors (Lipinski definition) is 0. The Morgan fingerprint density at radius 3 is 2.70 bits per heavy atom. The van der Waals surface area contributed by atoms with E-state index < -0.39 is 0 Å². The van der Waals surface area contributed by atoms with Gasteiger partial charge in [-0.2, -0.15) is 5.26 Å². The van der Waals surface area contributed by atoms with Crippen molar-refractivity contribution in [1.82, 2.24) is 14.9 Å². The number of oxazole rings is 1. The number of rotatable bonds is 5. The zero-order valence-electron chi connectivity index (χ0n) is 17.7. The van der Waals surface area contributed by atoms with Gasteiger partial charge < -0.3 is 19.0 Å². The van der Waals surface area contributed by atoms with Crippen LogP contribution in [0.2, 0.25) is 0 Å². The van der Waals surface area contributed by atoms with Crippen LogP contribution in [0.1, 0.15) is 42.2 Å². The first-order valence-electron chi connectivity index (χ1n) is 10.3. The molecule has 1 aromatic carbocycles. The average molecular weight is 424 g/mol. The molecule has 30 heavy (non-hydrogen) atoms. The van der Waals surface area contributed by atoms with Crippen molar-refractivity contribution >= 4 is 28.1 Å². The molecule has 0 unspecified atom stereocenters. The minimum Gasteiger partial charge on any atom is -0.473 e. The maximum atomic E-state index is 9.98. The maximum absolute atomic E-state index is 9.98. The van der Waals surface area contributed by atoms with Crippen LogP contribution >= 0.6 is 11.3 Å².